The zero-order chi connectivity index (χ0) is 37.1. The molecule has 3 fully saturated rings. The zero-order valence-electron chi connectivity index (χ0n) is 32.0. The molecule has 3 saturated heterocycles. The lowest BCUT2D eigenvalue weighted by Crippen LogP contribution is -2.60. The van der Waals surface area contributed by atoms with Crippen molar-refractivity contribution in [3.8, 4) is 0 Å². The largest absolute Gasteiger partial charge is 0.554 e. The number of hydrogen-bond acceptors (Lipinski definition) is 7. The van der Waals surface area contributed by atoms with Crippen LogP contribution in [0, 0.1) is 0 Å². The monoisotopic (exact) mass is 719 g/mol. The molecule has 2 aromatic rings. The molecule has 3 aliphatic heterocycles. The fraction of sp³-hybridized carbons (Fsp3) is 0.659. The molecule has 3 heterocycles. The SMILES string of the molecule is CCCCCCCCCCCCCCCC(=O)OC(C)OC(C(=O)OC1CC2CCC(C1)[N+]21CCCC1)(c1ccccc1)c1ccccc1.O=C[O-]. The van der Waals surface area contributed by atoms with E-state index in [0.717, 1.165) is 32.1 Å². The van der Waals surface area contributed by atoms with Crippen molar-refractivity contribution in [2.75, 3.05) is 13.1 Å². The van der Waals surface area contributed by atoms with Crippen LogP contribution in [0.3, 0.4) is 0 Å². The molecule has 3 unspecified atom stereocenters. The first-order valence-corrected chi connectivity index (χ1v) is 20.5. The van der Waals surface area contributed by atoms with Crippen LogP contribution in [0.5, 0.6) is 0 Å². The second kappa shape index (κ2) is 22.1. The van der Waals surface area contributed by atoms with Gasteiger partial charge in [0.2, 0.25) is 11.9 Å². The molecular weight excluding hydrogens is 654 g/mol. The Bertz CT molecular complexity index is 1260. The summed E-state index contributed by atoms with van der Waals surface area (Å²) in [5.41, 5.74) is -0.214. The van der Waals surface area contributed by atoms with Crippen molar-refractivity contribution in [3.63, 3.8) is 0 Å². The summed E-state index contributed by atoms with van der Waals surface area (Å²) < 4.78 is 20.2. The van der Waals surface area contributed by atoms with Gasteiger partial charge in [-0.25, -0.2) is 4.79 Å². The summed E-state index contributed by atoms with van der Waals surface area (Å²) in [4.78, 5) is 35.9. The Kier molecular flexibility index (Phi) is 17.6. The Labute approximate surface area is 313 Å². The number of carbonyl (C=O) groups is 3. The van der Waals surface area contributed by atoms with E-state index in [9.17, 15) is 9.59 Å². The molecular formula is C44H65NO7. The number of carbonyl (C=O) groups excluding carboxylic acids is 3. The fourth-order valence-electron chi connectivity index (χ4n) is 9.28. The van der Waals surface area contributed by atoms with Gasteiger partial charge in [-0.3, -0.25) is 4.79 Å². The van der Waals surface area contributed by atoms with Crippen LogP contribution in [-0.4, -0.2) is 60.5 Å². The van der Waals surface area contributed by atoms with Crippen molar-refractivity contribution in [1.29, 1.82) is 0 Å². The molecule has 288 valence electrons. The van der Waals surface area contributed by atoms with E-state index in [4.69, 9.17) is 24.1 Å². The van der Waals surface area contributed by atoms with Crippen molar-refractivity contribution in [2.24, 2.45) is 0 Å². The molecule has 5 rings (SSSR count). The van der Waals surface area contributed by atoms with Gasteiger partial charge in [0.05, 0.1) is 25.2 Å². The van der Waals surface area contributed by atoms with E-state index in [0.29, 0.717) is 29.6 Å². The summed E-state index contributed by atoms with van der Waals surface area (Å²) in [5, 5.41) is 8.25. The number of benzene rings is 2. The van der Waals surface area contributed by atoms with Gasteiger partial charge in [0.25, 0.3) is 0 Å². The first kappa shape index (κ1) is 41.5. The number of rotatable bonds is 21. The van der Waals surface area contributed by atoms with Gasteiger partial charge in [-0.05, 0) is 24.5 Å². The fourth-order valence-corrected chi connectivity index (χ4v) is 9.28. The molecule has 0 amide bonds. The van der Waals surface area contributed by atoms with Crippen molar-refractivity contribution in [1.82, 2.24) is 0 Å². The number of hydrogen-bond donors (Lipinski definition) is 0. The molecule has 2 aromatic carbocycles. The maximum absolute atomic E-state index is 14.6. The lowest BCUT2D eigenvalue weighted by atomic mass is 9.85. The number of ether oxygens (including phenoxy) is 3. The van der Waals surface area contributed by atoms with Crippen LogP contribution in [0.25, 0.3) is 0 Å². The van der Waals surface area contributed by atoms with Crippen molar-refractivity contribution in [3.05, 3.63) is 71.8 Å². The first-order chi connectivity index (χ1) is 25.4. The van der Waals surface area contributed by atoms with E-state index in [-0.39, 0.29) is 12.1 Å². The third-order valence-electron chi connectivity index (χ3n) is 11.8. The van der Waals surface area contributed by atoms with Gasteiger partial charge in [0.15, 0.2) is 0 Å². The molecule has 0 aliphatic carbocycles. The predicted octanol–water partition coefficient (Wildman–Crippen LogP) is 8.53. The highest BCUT2D eigenvalue weighted by molar-refractivity contribution is 5.86. The molecule has 8 heteroatoms. The second-order valence-electron chi connectivity index (χ2n) is 15.3. The van der Waals surface area contributed by atoms with Gasteiger partial charge in [-0.15, -0.1) is 0 Å². The minimum absolute atomic E-state index is 0.141. The van der Waals surface area contributed by atoms with Crippen LogP contribution in [-0.2, 0) is 34.2 Å². The molecule has 3 aliphatic rings. The van der Waals surface area contributed by atoms with Crippen LogP contribution in [0.4, 0.5) is 0 Å². The average Bonchev–Trinajstić information content (AvgIpc) is 3.70. The highest BCUT2D eigenvalue weighted by Crippen LogP contribution is 2.47. The van der Waals surface area contributed by atoms with Crippen LogP contribution >= 0.6 is 0 Å². The average molecular weight is 720 g/mol. The third kappa shape index (κ3) is 11.4. The van der Waals surface area contributed by atoms with E-state index >= 15 is 0 Å². The quantitative estimate of drug-likeness (QED) is 0.0419. The van der Waals surface area contributed by atoms with E-state index in [1.165, 1.54) is 107 Å². The van der Waals surface area contributed by atoms with Crippen molar-refractivity contribution >= 4 is 18.4 Å². The van der Waals surface area contributed by atoms with Crippen LogP contribution in [0.15, 0.2) is 60.7 Å². The normalized spacial score (nSPS) is 20.8. The third-order valence-corrected chi connectivity index (χ3v) is 11.8. The van der Waals surface area contributed by atoms with Gasteiger partial charge in [0, 0.05) is 51.4 Å². The van der Waals surface area contributed by atoms with E-state index in [1.807, 2.05) is 60.7 Å². The van der Waals surface area contributed by atoms with Gasteiger partial charge < -0.3 is 28.6 Å². The van der Waals surface area contributed by atoms with E-state index < -0.39 is 24.3 Å². The molecule has 52 heavy (non-hydrogen) atoms. The number of nitrogens with zero attached hydrogens (tertiary/aromatic N) is 1. The molecule has 8 nitrogen and oxygen atoms in total. The summed E-state index contributed by atoms with van der Waals surface area (Å²) in [7, 11) is 0. The highest BCUT2D eigenvalue weighted by atomic mass is 16.7. The standard InChI is InChI=1S/C43H64NO5.CH2O2/c1-3-4-5-6-7-8-9-10-11-12-13-14-21-28-41(45)47-35(2)49-43(36-24-17-15-18-25-36,37-26-19-16-20-27-37)42(46)48-40-33-38-29-30-39(34-40)44(38)31-22-23-32-44;2-1-3/h15-20,24-27,35,38-40H,3-14,21-23,28-34H2,1-2H3;1H,(H,2,3)/q+1;/p-1. The van der Waals surface area contributed by atoms with E-state index in [2.05, 4.69) is 6.92 Å². The summed E-state index contributed by atoms with van der Waals surface area (Å²) >= 11 is 0. The molecule has 3 atom stereocenters. The zero-order valence-corrected chi connectivity index (χ0v) is 32.0. The lowest BCUT2D eigenvalue weighted by Gasteiger charge is -2.47. The molecule has 0 radical (unpaired) electrons. The minimum atomic E-state index is -1.56. The molecule has 0 N–H and O–H groups in total. The van der Waals surface area contributed by atoms with Crippen LogP contribution in [0.2, 0.25) is 0 Å². The summed E-state index contributed by atoms with van der Waals surface area (Å²) in [6.07, 6.45) is 22.5. The maximum Gasteiger partial charge on any atom is 0.348 e. The van der Waals surface area contributed by atoms with Crippen molar-refractivity contribution < 1.29 is 38.2 Å². The molecule has 0 saturated carbocycles. The number of quaternary nitrogens is 1. The van der Waals surface area contributed by atoms with Gasteiger partial charge in [-0.2, -0.15) is 0 Å². The van der Waals surface area contributed by atoms with Gasteiger partial charge >= 0.3 is 11.9 Å². The molecule has 1 spiro atoms. The first-order valence-electron chi connectivity index (χ1n) is 20.5. The topological polar surface area (TPSA) is 102 Å². The second-order valence-corrected chi connectivity index (χ2v) is 15.3. The summed E-state index contributed by atoms with van der Waals surface area (Å²) in [6, 6.07) is 20.3. The number of unbranched alkanes of at least 4 members (excludes halogenated alkanes) is 12. The molecule has 0 aromatic heterocycles. The molecule has 2 bridgehead atoms. The number of esters is 2. The van der Waals surface area contributed by atoms with Crippen molar-refractivity contribution in [2.45, 2.75) is 172 Å². The lowest BCUT2D eigenvalue weighted by molar-refractivity contribution is -0.956. The van der Waals surface area contributed by atoms with Gasteiger partial charge in [0.1, 0.15) is 6.10 Å². The highest BCUT2D eigenvalue weighted by Gasteiger charge is 2.57. The van der Waals surface area contributed by atoms with Crippen LogP contribution in [0.1, 0.15) is 153 Å². The Morgan fingerprint density at radius 2 is 1.21 bits per heavy atom. The van der Waals surface area contributed by atoms with E-state index in [1.54, 1.807) is 6.92 Å². The maximum atomic E-state index is 14.6. The summed E-state index contributed by atoms with van der Waals surface area (Å²) in [5.74, 6) is -0.717. The Hall–Kier alpha value is -3.23. The van der Waals surface area contributed by atoms with Gasteiger partial charge in [-0.1, -0.05) is 145 Å². The Morgan fingerprint density at radius 3 is 1.67 bits per heavy atom. The van der Waals surface area contributed by atoms with Crippen LogP contribution < -0.4 is 5.11 Å². The minimum Gasteiger partial charge on any atom is -0.554 e. The summed E-state index contributed by atoms with van der Waals surface area (Å²) in [6.45, 7) is 6.04. The predicted molar refractivity (Wildman–Crippen MR) is 202 cm³/mol. The number of piperidine rings is 1. The Balaban J connectivity index is 0.00000195. The number of carboxylic acid groups (broad SMARTS) is 1. The smallest absolute Gasteiger partial charge is 0.348 e. The Morgan fingerprint density at radius 1 is 0.769 bits per heavy atom.